The summed E-state index contributed by atoms with van der Waals surface area (Å²) in [7, 11) is -1.53. The molecule has 1 atom stereocenters. The minimum atomic E-state index is -3.17. The first-order valence-corrected chi connectivity index (χ1v) is 10.3. The van der Waals surface area contributed by atoms with Gasteiger partial charge in [0, 0.05) is 26.2 Å². The van der Waals surface area contributed by atoms with Crippen LogP contribution in [0.3, 0.4) is 0 Å². The number of nitrogens with one attached hydrogen (secondary N) is 1. The Morgan fingerprint density at radius 3 is 2.56 bits per heavy atom. The molecule has 1 aliphatic rings. The fraction of sp³-hybridized carbons (Fsp3) is 0.529. The number of nitrogens with zero attached hydrogens (tertiary/aromatic N) is 3. The first-order chi connectivity index (χ1) is 11.8. The average Bonchev–Trinajstić information content (AvgIpc) is 2.60. The molecule has 0 aliphatic carbocycles. The first-order valence-electron chi connectivity index (χ1n) is 8.43. The van der Waals surface area contributed by atoms with Crippen molar-refractivity contribution in [3.63, 3.8) is 0 Å². The number of piperidine rings is 1. The molecule has 0 amide bonds. The summed E-state index contributed by atoms with van der Waals surface area (Å²) in [6.45, 7) is 3.55. The predicted octanol–water partition coefficient (Wildman–Crippen LogP) is 1.34. The summed E-state index contributed by atoms with van der Waals surface area (Å²) < 4.78 is 24.8. The smallest absolute Gasteiger partial charge is 0.258 e. The summed E-state index contributed by atoms with van der Waals surface area (Å²) >= 11 is 0. The van der Waals surface area contributed by atoms with Crippen molar-refractivity contribution < 1.29 is 8.42 Å². The molecule has 1 aliphatic heterocycles. The molecule has 2 aromatic rings. The largest absolute Gasteiger partial charge is 0.309 e. The van der Waals surface area contributed by atoms with Crippen LogP contribution in [0.25, 0.3) is 10.9 Å². The third-order valence-electron chi connectivity index (χ3n) is 5.11. The topological polar surface area (TPSA) is 86.4 Å². The number of hydrogen-bond donors (Lipinski definition) is 1. The molecule has 1 fully saturated rings. The van der Waals surface area contributed by atoms with E-state index in [9.17, 15) is 13.2 Å². The fourth-order valence-corrected chi connectivity index (χ4v) is 4.14. The van der Waals surface area contributed by atoms with Crippen LogP contribution in [0.2, 0.25) is 0 Å². The van der Waals surface area contributed by atoms with Gasteiger partial charge in [-0.25, -0.2) is 17.7 Å². The van der Waals surface area contributed by atoms with Gasteiger partial charge in [0.1, 0.15) is 5.82 Å². The van der Waals surface area contributed by atoms with Crippen molar-refractivity contribution >= 4 is 20.9 Å². The van der Waals surface area contributed by atoms with Gasteiger partial charge in [-0.3, -0.25) is 9.69 Å². The second kappa shape index (κ2) is 6.86. The van der Waals surface area contributed by atoms with Crippen molar-refractivity contribution in [1.82, 2.24) is 19.2 Å². The lowest BCUT2D eigenvalue weighted by atomic mass is 10.0. The Morgan fingerprint density at radius 1 is 1.28 bits per heavy atom. The quantitative estimate of drug-likeness (QED) is 0.885. The maximum atomic E-state index is 12.3. The van der Waals surface area contributed by atoms with E-state index >= 15 is 0 Å². The third-order valence-corrected chi connectivity index (χ3v) is 6.46. The van der Waals surface area contributed by atoms with Crippen molar-refractivity contribution in [3.8, 4) is 0 Å². The van der Waals surface area contributed by atoms with Gasteiger partial charge >= 0.3 is 0 Å². The van der Waals surface area contributed by atoms with Crippen LogP contribution in [-0.2, 0) is 10.0 Å². The van der Waals surface area contributed by atoms with E-state index in [1.807, 2.05) is 25.1 Å². The zero-order valence-corrected chi connectivity index (χ0v) is 15.6. The van der Waals surface area contributed by atoms with Crippen molar-refractivity contribution in [2.24, 2.45) is 0 Å². The highest BCUT2D eigenvalue weighted by Crippen LogP contribution is 2.24. The van der Waals surface area contributed by atoms with Crippen LogP contribution < -0.4 is 5.56 Å². The molecule has 1 unspecified atom stereocenters. The molecule has 136 valence electrons. The Morgan fingerprint density at radius 2 is 1.92 bits per heavy atom. The van der Waals surface area contributed by atoms with Crippen LogP contribution in [0.5, 0.6) is 0 Å². The van der Waals surface area contributed by atoms with Crippen LogP contribution in [0, 0.1) is 0 Å². The number of benzene rings is 1. The number of para-hydroxylation sites is 1. The lowest BCUT2D eigenvalue weighted by molar-refractivity contribution is 0.129. The zero-order chi connectivity index (χ0) is 18.2. The van der Waals surface area contributed by atoms with Crippen molar-refractivity contribution in [2.75, 3.05) is 26.4 Å². The number of H-pyrrole nitrogens is 1. The minimum Gasteiger partial charge on any atom is -0.309 e. The van der Waals surface area contributed by atoms with Gasteiger partial charge in [-0.15, -0.1) is 0 Å². The molecule has 1 saturated heterocycles. The normalized spacial score (nSPS) is 18.7. The Labute approximate surface area is 147 Å². The Kier molecular flexibility index (Phi) is 4.95. The summed E-state index contributed by atoms with van der Waals surface area (Å²) in [6.07, 6.45) is 2.78. The number of hydrogen-bond acceptors (Lipinski definition) is 5. The summed E-state index contributed by atoms with van der Waals surface area (Å²) in [6, 6.07) is 7.31. The number of fused-ring (bicyclic) bond motifs is 1. The van der Waals surface area contributed by atoms with Gasteiger partial charge in [-0.1, -0.05) is 12.1 Å². The van der Waals surface area contributed by atoms with E-state index in [-0.39, 0.29) is 17.6 Å². The second-order valence-corrected chi connectivity index (χ2v) is 8.73. The number of likely N-dealkylation sites (tertiary alicyclic amines) is 1. The molecule has 0 radical (unpaired) electrons. The molecule has 7 nitrogen and oxygen atoms in total. The van der Waals surface area contributed by atoms with E-state index < -0.39 is 10.0 Å². The van der Waals surface area contributed by atoms with Gasteiger partial charge in [-0.05, 0) is 31.9 Å². The molecule has 0 bridgehead atoms. The fourth-order valence-electron chi connectivity index (χ4n) is 3.38. The summed E-state index contributed by atoms with van der Waals surface area (Å²) in [5.74, 6) is 0.651. The van der Waals surface area contributed by atoms with Gasteiger partial charge in [0.2, 0.25) is 10.0 Å². The molecular weight excluding hydrogens is 340 g/mol. The van der Waals surface area contributed by atoms with E-state index in [0.29, 0.717) is 16.7 Å². The van der Waals surface area contributed by atoms with Crippen LogP contribution in [0.15, 0.2) is 29.1 Å². The van der Waals surface area contributed by atoms with Crippen molar-refractivity contribution in [1.29, 1.82) is 0 Å². The molecule has 0 spiro atoms. The number of aromatic nitrogens is 2. The standard InChI is InChI=1S/C17H24N4O3S/c1-12(16-18-15-7-5-4-6-14(15)17(22)19-16)21-10-8-13(9-11-21)20(2)25(3,23)24/h4-7,12-13H,8-11H2,1-3H3,(H,18,19,22). The lowest BCUT2D eigenvalue weighted by Gasteiger charge is -2.38. The monoisotopic (exact) mass is 364 g/mol. The molecule has 2 heterocycles. The highest BCUT2D eigenvalue weighted by Gasteiger charge is 2.30. The third kappa shape index (κ3) is 3.75. The molecule has 3 rings (SSSR count). The lowest BCUT2D eigenvalue weighted by Crippen LogP contribution is -2.46. The predicted molar refractivity (Wildman–Crippen MR) is 98.0 cm³/mol. The Bertz CT molecular complexity index is 917. The Hall–Kier alpha value is -1.77. The van der Waals surface area contributed by atoms with E-state index in [2.05, 4.69) is 14.9 Å². The molecular formula is C17H24N4O3S. The van der Waals surface area contributed by atoms with Crippen molar-refractivity contribution in [3.05, 3.63) is 40.4 Å². The van der Waals surface area contributed by atoms with Gasteiger partial charge < -0.3 is 4.98 Å². The Balaban J connectivity index is 1.75. The van der Waals surface area contributed by atoms with E-state index in [1.165, 1.54) is 10.6 Å². The summed E-state index contributed by atoms with van der Waals surface area (Å²) in [4.78, 5) is 22.0. The number of aromatic amines is 1. The molecule has 1 N–H and O–H groups in total. The van der Waals surface area contributed by atoms with Crippen LogP contribution >= 0.6 is 0 Å². The maximum absolute atomic E-state index is 12.3. The van der Waals surface area contributed by atoms with Gasteiger partial charge in [0.25, 0.3) is 5.56 Å². The van der Waals surface area contributed by atoms with Crippen LogP contribution in [-0.4, -0.2) is 60.0 Å². The molecule has 1 aromatic carbocycles. The van der Waals surface area contributed by atoms with Gasteiger partial charge in [0.15, 0.2) is 0 Å². The van der Waals surface area contributed by atoms with E-state index in [4.69, 9.17) is 0 Å². The van der Waals surface area contributed by atoms with Crippen molar-refractivity contribution in [2.45, 2.75) is 31.8 Å². The van der Waals surface area contributed by atoms with Crippen LogP contribution in [0.4, 0.5) is 0 Å². The van der Waals surface area contributed by atoms with E-state index in [0.717, 1.165) is 25.9 Å². The molecule has 1 aromatic heterocycles. The molecule has 25 heavy (non-hydrogen) atoms. The first kappa shape index (κ1) is 18.0. The molecule has 8 heteroatoms. The average molecular weight is 364 g/mol. The summed E-state index contributed by atoms with van der Waals surface area (Å²) in [5.41, 5.74) is 0.568. The number of rotatable bonds is 4. The summed E-state index contributed by atoms with van der Waals surface area (Å²) in [5, 5.41) is 0.590. The SMILES string of the molecule is CC(c1nc2ccccc2c(=O)[nH]1)N1CCC(N(C)S(C)(=O)=O)CC1. The second-order valence-electron chi connectivity index (χ2n) is 6.69. The van der Waals surface area contributed by atoms with Gasteiger partial charge in [-0.2, -0.15) is 0 Å². The minimum absolute atomic E-state index is 0.0261. The molecule has 0 saturated carbocycles. The number of sulfonamides is 1. The maximum Gasteiger partial charge on any atom is 0.258 e. The highest BCUT2D eigenvalue weighted by molar-refractivity contribution is 7.88. The van der Waals surface area contributed by atoms with E-state index in [1.54, 1.807) is 13.1 Å². The van der Waals surface area contributed by atoms with Crippen LogP contribution in [0.1, 0.15) is 31.6 Å². The van der Waals surface area contributed by atoms with Gasteiger partial charge in [0.05, 0.1) is 23.2 Å². The highest BCUT2D eigenvalue weighted by atomic mass is 32.2. The zero-order valence-electron chi connectivity index (χ0n) is 14.8.